The summed E-state index contributed by atoms with van der Waals surface area (Å²) in [4.78, 5) is 12.1. The average molecular weight is 305 g/mol. The molecule has 0 bridgehead atoms. The van der Waals surface area contributed by atoms with E-state index in [-0.39, 0.29) is 11.9 Å². The molecular formula is C20H19NO2. The maximum absolute atomic E-state index is 12.1. The standard InChI is InChI=1S/C20H19NO2/c1-14-6-5-7-16(12-14)10-11-20(22)21-15(2)19-13-17-8-3-4-9-18(17)23-19/h3-13,15H,1-2H3,(H,21,22)/b11-10+/t15-/m1/s1. The summed E-state index contributed by atoms with van der Waals surface area (Å²) in [6, 6.07) is 17.6. The second-order valence-electron chi connectivity index (χ2n) is 5.66. The number of para-hydroxylation sites is 1. The lowest BCUT2D eigenvalue weighted by molar-refractivity contribution is -0.117. The first kappa shape index (κ1) is 15.1. The van der Waals surface area contributed by atoms with E-state index in [1.54, 1.807) is 6.08 Å². The largest absolute Gasteiger partial charge is 0.459 e. The van der Waals surface area contributed by atoms with Crippen molar-refractivity contribution in [1.29, 1.82) is 0 Å². The molecule has 3 rings (SSSR count). The van der Waals surface area contributed by atoms with Crippen LogP contribution < -0.4 is 5.32 Å². The first-order chi connectivity index (χ1) is 11.1. The number of hydrogen-bond acceptors (Lipinski definition) is 2. The van der Waals surface area contributed by atoms with Gasteiger partial charge in [0.2, 0.25) is 5.91 Å². The van der Waals surface area contributed by atoms with Crippen molar-refractivity contribution in [2.75, 3.05) is 0 Å². The van der Waals surface area contributed by atoms with E-state index < -0.39 is 0 Å². The van der Waals surface area contributed by atoms with E-state index in [0.717, 1.165) is 22.3 Å². The summed E-state index contributed by atoms with van der Waals surface area (Å²) in [6.07, 6.45) is 3.36. The smallest absolute Gasteiger partial charge is 0.244 e. The van der Waals surface area contributed by atoms with Gasteiger partial charge in [-0.3, -0.25) is 4.79 Å². The summed E-state index contributed by atoms with van der Waals surface area (Å²) in [5, 5.41) is 3.96. The van der Waals surface area contributed by atoms with Gasteiger partial charge in [-0.2, -0.15) is 0 Å². The van der Waals surface area contributed by atoms with Gasteiger partial charge >= 0.3 is 0 Å². The second-order valence-corrected chi connectivity index (χ2v) is 5.66. The third kappa shape index (κ3) is 3.69. The summed E-state index contributed by atoms with van der Waals surface area (Å²) in [7, 11) is 0. The summed E-state index contributed by atoms with van der Waals surface area (Å²) in [5.74, 6) is 0.614. The molecule has 3 nitrogen and oxygen atoms in total. The van der Waals surface area contributed by atoms with Crippen LogP contribution in [-0.4, -0.2) is 5.91 Å². The molecule has 1 aromatic heterocycles. The fraction of sp³-hybridized carbons (Fsp3) is 0.150. The number of hydrogen-bond donors (Lipinski definition) is 1. The number of nitrogens with one attached hydrogen (secondary N) is 1. The number of aryl methyl sites for hydroxylation is 1. The molecule has 0 radical (unpaired) electrons. The molecule has 2 aromatic carbocycles. The number of fused-ring (bicyclic) bond motifs is 1. The molecule has 0 saturated heterocycles. The lowest BCUT2D eigenvalue weighted by atomic mass is 10.1. The lowest BCUT2D eigenvalue weighted by Crippen LogP contribution is -2.24. The Morgan fingerprint density at radius 2 is 1.96 bits per heavy atom. The zero-order chi connectivity index (χ0) is 16.2. The third-order valence-electron chi connectivity index (χ3n) is 3.70. The SMILES string of the molecule is Cc1cccc(/C=C/C(=O)N[C@H](C)c2cc3ccccc3o2)c1. The summed E-state index contributed by atoms with van der Waals surface area (Å²) >= 11 is 0. The summed E-state index contributed by atoms with van der Waals surface area (Å²) in [6.45, 7) is 3.94. The van der Waals surface area contributed by atoms with E-state index in [1.165, 1.54) is 5.56 Å². The molecule has 3 heteroatoms. The van der Waals surface area contributed by atoms with E-state index in [1.807, 2.05) is 74.5 Å². The molecule has 0 aliphatic carbocycles. The van der Waals surface area contributed by atoms with Crippen LogP contribution in [0.4, 0.5) is 0 Å². The van der Waals surface area contributed by atoms with Crippen molar-refractivity contribution < 1.29 is 9.21 Å². The Bertz CT molecular complexity index is 828. The first-order valence-electron chi connectivity index (χ1n) is 7.65. The van der Waals surface area contributed by atoms with E-state index in [9.17, 15) is 4.79 Å². The Labute approximate surface area is 135 Å². The zero-order valence-electron chi connectivity index (χ0n) is 13.2. The molecule has 1 amide bonds. The third-order valence-corrected chi connectivity index (χ3v) is 3.70. The van der Waals surface area contributed by atoms with Gasteiger partial charge in [0, 0.05) is 11.5 Å². The monoisotopic (exact) mass is 305 g/mol. The minimum absolute atomic E-state index is 0.139. The van der Waals surface area contributed by atoms with Crippen LogP contribution in [-0.2, 0) is 4.79 Å². The Balaban J connectivity index is 1.67. The van der Waals surface area contributed by atoms with Gasteiger partial charge in [-0.15, -0.1) is 0 Å². The molecule has 1 N–H and O–H groups in total. The highest BCUT2D eigenvalue weighted by Crippen LogP contribution is 2.23. The fourth-order valence-corrected chi connectivity index (χ4v) is 2.49. The van der Waals surface area contributed by atoms with E-state index in [0.29, 0.717) is 0 Å². The van der Waals surface area contributed by atoms with Crippen molar-refractivity contribution in [3.8, 4) is 0 Å². The van der Waals surface area contributed by atoms with Gasteiger partial charge < -0.3 is 9.73 Å². The molecule has 3 aromatic rings. The maximum atomic E-state index is 12.1. The predicted octanol–water partition coefficient (Wildman–Crippen LogP) is 4.63. The van der Waals surface area contributed by atoms with Crippen LogP contribution in [0, 0.1) is 6.92 Å². The molecule has 0 unspecified atom stereocenters. The van der Waals surface area contributed by atoms with Crippen LogP contribution in [0.2, 0.25) is 0 Å². The van der Waals surface area contributed by atoms with Crippen LogP contribution in [0.5, 0.6) is 0 Å². The zero-order valence-corrected chi connectivity index (χ0v) is 13.2. The average Bonchev–Trinajstić information content (AvgIpc) is 2.97. The summed E-state index contributed by atoms with van der Waals surface area (Å²) < 4.78 is 5.77. The quantitative estimate of drug-likeness (QED) is 0.714. The number of benzene rings is 2. The van der Waals surface area contributed by atoms with Crippen LogP contribution in [0.25, 0.3) is 17.0 Å². The van der Waals surface area contributed by atoms with E-state index >= 15 is 0 Å². The van der Waals surface area contributed by atoms with Crippen LogP contribution >= 0.6 is 0 Å². The molecular weight excluding hydrogens is 286 g/mol. The minimum atomic E-state index is -0.183. The van der Waals surface area contributed by atoms with Gasteiger partial charge in [-0.25, -0.2) is 0 Å². The predicted molar refractivity (Wildman–Crippen MR) is 93.0 cm³/mol. The molecule has 0 aliphatic rings. The number of rotatable bonds is 4. The van der Waals surface area contributed by atoms with Gasteiger partial charge in [0.1, 0.15) is 11.3 Å². The highest BCUT2D eigenvalue weighted by atomic mass is 16.3. The number of furan rings is 1. The van der Waals surface area contributed by atoms with Crippen LogP contribution in [0.1, 0.15) is 29.9 Å². The van der Waals surface area contributed by atoms with Crippen molar-refractivity contribution in [2.45, 2.75) is 19.9 Å². The Hall–Kier alpha value is -2.81. The molecule has 1 atom stereocenters. The molecule has 23 heavy (non-hydrogen) atoms. The highest BCUT2D eigenvalue weighted by Gasteiger charge is 2.12. The van der Waals surface area contributed by atoms with Crippen LogP contribution in [0.15, 0.2) is 65.1 Å². The van der Waals surface area contributed by atoms with E-state index in [2.05, 4.69) is 5.32 Å². The molecule has 116 valence electrons. The van der Waals surface area contributed by atoms with Crippen molar-refractivity contribution in [2.24, 2.45) is 0 Å². The second kappa shape index (κ2) is 6.53. The van der Waals surface area contributed by atoms with Crippen molar-refractivity contribution in [3.63, 3.8) is 0 Å². The molecule has 0 aliphatic heterocycles. The fourth-order valence-electron chi connectivity index (χ4n) is 2.49. The number of carbonyl (C=O) groups excluding carboxylic acids is 1. The Morgan fingerprint density at radius 3 is 2.74 bits per heavy atom. The molecule has 0 saturated carbocycles. The molecule has 1 heterocycles. The maximum Gasteiger partial charge on any atom is 0.244 e. The topological polar surface area (TPSA) is 42.2 Å². The van der Waals surface area contributed by atoms with Crippen molar-refractivity contribution in [3.05, 3.63) is 77.6 Å². The Morgan fingerprint density at radius 1 is 1.13 bits per heavy atom. The van der Waals surface area contributed by atoms with Gasteiger partial charge in [-0.1, -0.05) is 48.0 Å². The normalized spacial score (nSPS) is 12.6. The van der Waals surface area contributed by atoms with Gasteiger partial charge in [0.25, 0.3) is 0 Å². The van der Waals surface area contributed by atoms with Gasteiger partial charge in [0.05, 0.1) is 6.04 Å². The van der Waals surface area contributed by atoms with Gasteiger partial charge in [-0.05, 0) is 37.6 Å². The van der Waals surface area contributed by atoms with Crippen LogP contribution in [0.3, 0.4) is 0 Å². The first-order valence-corrected chi connectivity index (χ1v) is 7.65. The number of carbonyl (C=O) groups is 1. The minimum Gasteiger partial charge on any atom is -0.459 e. The van der Waals surface area contributed by atoms with E-state index in [4.69, 9.17) is 4.42 Å². The lowest BCUT2D eigenvalue weighted by Gasteiger charge is -2.09. The van der Waals surface area contributed by atoms with Gasteiger partial charge in [0.15, 0.2) is 0 Å². The molecule has 0 spiro atoms. The summed E-state index contributed by atoms with van der Waals surface area (Å²) in [5.41, 5.74) is 3.01. The van der Waals surface area contributed by atoms with Crippen molar-refractivity contribution >= 4 is 23.0 Å². The number of amides is 1. The highest BCUT2D eigenvalue weighted by molar-refractivity contribution is 5.92. The van der Waals surface area contributed by atoms with Crippen molar-refractivity contribution in [1.82, 2.24) is 5.32 Å². The molecule has 0 fully saturated rings. The Kier molecular flexibility index (Phi) is 4.29.